The molecule has 0 unspecified atom stereocenters. The van der Waals surface area contributed by atoms with Crippen molar-refractivity contribution < 1.29 is 0 Å². The first-order valence-corrected chi connectivity index (χ1v) is 16.7. The maximum Gasteiger partial charge on any atom is 0.227 e. The fraction of sp³-hybridized carbons (Fsp3) is 0.583. The summed E-state index contributed by atoms with van der Waals surface area (Å²) in [6.07, 6.45) is 8.93. The summed E-state index contributed by atoms with van der Waals surface area (Å²) in [7, 11) is 0. The fourth-order valence-electron chi connectivity index (χ4n) is 8.04. The van der Waals surface area contributed by atoms with Crippen LogP contribution in [0.3, 0.4) is 0 Å². The van der Waals surface area contributed by atoms with Crippen molar-refractivity contribution in [1.29, 1.82) is 0 Å². The highest BCUT2D eigenvalue weighted by Gasteiger charge is 2.32. The number of hydrogen-bond acceptors (Lipinski definition) is 7. The average Bonchev–Trinajstić information content (AvgIpc) is 3.35. The second kappa shape index (κ2) is 11.4. The van der Waals surface area contributed by atoms with E-state index in [1.165, 1.54) is 78.0 Å². The maximum absolute atomic E-state index is 5.14. The molecule has 4 saturated heterocycles. The van der Waals surface area contributed by atoms with Crippen molar-refractivity contribution in [2.75, 3.05) is 60.5 Å². The van der Waals surface area contributed by atoms with Crippen LogP contribution in [-0.4, -0.2) is 71.7 Å². The van der Waals surface area contributed by atoms with Gasteiger partial charge in [-0.05, 0) is 86.1 Å². The topological polar surface area (TPSA) is 51.6 Å². The Morgan fingerprint density at radius 3 is 2.40 bits per heavy atom. The predicted molar refractivity (Wildman–Crippen MR) is 177 cm³/mol. The molecular weight excluding hydrogens is 530 g/mol. The number of aromatic nitrogens is 3. The van der Waals surface area contributed by atoms with Crippen molar-refractivity contribution >= 4 is 17.5 Å². The molecule has 0 spiro atoms. The van der Waals surface area contributed by atoms with Gasteiger partial charge in [-0.1, -0.05) is 39.0 Å². The molecule has 0 amide bonds. The maximum atomic E-state index is 5.14. The van der Waals surface area contributed by atoms with Gasteiger partial charge in [-0.3, -0.25) is 4.98 Å². The molecule has 228 valence electrons. The minimum atomic E-state index is 0.422. The molecule has 8 rings (SSSR count). The van der Waals surface area contributed by atoms with Gasteiger partial charge >= 0.3 is 0 Å². The van der Waals surface area contributed by atoms with Crippen molar-refractivity contribution in [1.82, 2.24) is 19.9 Å². The van der Waals surface area contributed by atoms with E-state index in [1.54, 1.807) is 0 Å². The second-order valence-electron chi connectivity index (χ2n) is 14.1. The van der Waals surface area contributed by atoms with Gasteiger partial charge in [-0.25, -0.2) is 4.98 Å². The molecule has 0 aliphatic carbocycles. The fourth-order valence-corrected chi connectivity index (χ4v) is 8.04. The molecule has 1 aromatic carbocycles. The number of piperidine rings is 2. The lowest BCUT2D eigenvalue weighted by molar-refractivity contribution is 0.250. The lowest BCUT2D eigenvalue weighted by Crippen LogP contribution is -2.39. The van der Waals surface area contributed by atoms with Crippen LogP contribution in [0.5, 0.6) is 0 Å². The largest absolute Gasteiger partial charge is 0.371 e. The van der Waals surface area contributed by atoms with E-state index in [9.17, 15) is 0 Å². The van der Waals surface area contributed by atoms with Gasteiger partial charge in [-0.15, -0.1) is 0 Å². The Kier molecular flexibility index (Phi) is 7.57. The quantitative estimate of drug-likeness (QED) is 0.357. The number of benzene rings is 1. The van der Waals surface area contributed by atoms with Crippen LogP contribution < -0.4 is 14.7 Å². The van der Waals surface area contributed by atoms with Crippen LogP contribution >= 0.6 is 0 Å². The molecule has 2 bridgehead atoms. The van der Waals surface area contributed by atoms with Gasteiger partial charge in [0.1, 0.15) is 5.82 Å². The molecule has 7 heterocycles. The molecule has 7 nitrogen and oxygen atoms in total. The third-order valence-electron chi connectivity index (χ3n) is 10.8. The highest BCUT2D eigenvalue weighted by Crippen LogP contribution is 2.42. The molecule has 0 radical (unpaired) electrons. The Morgan fingerprint density at radius 1 is 0.837 bits per heavy atom. The number of nitrogens with zero attached hydrogens (tertiary/aromatic N) is 7. The van der Waals surface area contributed by atoms with E-state index < -0.39 is 0 Å². The molecule has 7 heteroatoms. The summed E-state index contributed by atoms with van der Waals surface area (Å²) in [5, 5.41) is 0. The Bertz CT molecular complexity index is 1480. The molecule has 3 aromatic rings. The van der Waals surface area contributed by atoms with E-state index in [0.29, 0.717) is 11.5 Å². The summed E-state index contributed by atoms with van der Waals surface area (Å²) in [4.78, 5) is 25.2. The van der Waals surface area contributed by atoms with Crippen LogP contribution in [0.1, 0.15) is 74.5 Å². The van der Waals surface area contributed by atoms with Crippen LogP contribution in [-0.2, 0) is 19.4 Å². The molecule has 0 atom stereocenters. The number of fused-ring (bicyclic) bond motifs is 5. The van der Waals surface area contributed by atoms with Gasteiger partial charge in [0.25, 0.3) is 0 Å². The molecule has 0 N–H and O–H groups in total. The van der Waals surface area contributed by atoms with Crippen LogP contribution in [0.2, 0.25) is 0 Å². The van der Waals surface area contributed by atoms with Crippen molar-refractivity contribution in [2.24, 2.45) is 5.41 Å². The lowest BCUT2D eigenvalue weighted by Gasteiger charge is -2.40. The zero-order valence-corrected chi connectivity index (χ0v) is 27.0. The SMILES string of the molecule is CCc1c(C)nc(C)c(-c2ccc3c(c2)CCN(c2nccc(N4CCN5CCC4CC5)n2)C3)c1N1CCC(C)(C)CC1. The van der Waals surface area contributed by atoms with E-state index in [4.69, 9.17) is 15.0 Å². The highest BCUT2D eigenvalue weighted by molar-refractivity contribution is 5.84. The minimum absolute atomic E-state index is 0.422. The monoisotopic (exact) mass is 579 g/mol. The summed E-state index contributed by atoms with van der Waals surface area (Å²) in [5.41, 5.74) is 11.1. The summed E-state index contributed by atoms with van der Waals surface area (Å²) in [6, 6.07) is 9.89. The first kappa shape index (κ1) is 28.6. The molecule has 2 aromatic heterocycles. The Morgan fingerprint density at radius 2 is 1.63 bits per heavy atom. The second-order valence-corrected chi connectivity index (χ2v) is 14.1. The van der Waals surface area contributed by atoms with E-state index in [2.05, 4.69) is 78.5 Å². The van der Waals surface area contributed by atoms with Crippen molar-refractivity contribution in [2.45, 2.75) is 85.7 Å². The standard InChI is InChI=1S/C36H49N7/c1-6-31-25(2)38-26(3)33(34(31)41-19-13-36(4,5)14-20-41)28-7-8-29-24-42(18-10-27(29)23-28)35-37-15-9-32(39-35)43-22-21-40-16-11-30(43)12-17-40/h7-9,15,23,30H,6,10-14,16-22,24H2,1-5H3. The third kappa shape index (κ3) is 5.50. The number of rotatable bonds is 5. The van der Waals surface area contributed by atoms with Crippen LogP contribution in [0, 0.1) is 19.3 Å². The predicted octanol–water partition coefficient (Wildman–Crippen LogP) is 6.19. The van der Waals surface area contributed by atoms with Gasteiger partial charge < -0.3 is 19.6 Å². The molecule has 5 aliphatic rings. The summed E-state index contributed by atoms with van der Waals surface area (Å²) in [5.74, 6) is 1.97. The highest BCUT2D eigenvalue weighted by atomic mass is 15.3. The van der Waals surface area contributed by atoms with Gasteiger partial charge in [0.2, 0.25) is 5.95 Å². The number of aryl methyl sites for hydroxylation is 2. The van der Waals surface area contributed by atoms with E-state index in [0.717, 1.165) is 69.6 Å². The Hall–Kier alpha value is -3.19. The lowest BCUT2D eigenvalue weighted by atomic mass is 9.82. The van der Waals surface area contributed by atoms with Gasteiger partial charge in [-0.2, -0.15) is 4.98 Å². The average molecular weight is 580 g/mol. The van der Waals surface area contributed by atoms with E-state index in [1.807, 2.05) is 6.20 Å². The van der Waals surface area contributed by atoms with Crippen molar-refractivity contribution in [3.63, 3.8) is 0 Å². The molecule has 5 aliphatic heterocycles. The number of hydrogen-bond donors (Lipinski definition) is 0. The van der Waals surface area contributed by atoms with Crippen molar-refractivity contribution in [3.8, 4) is 11.1 Å². The smallest absolute Gasteiger partial charge is 0.227 e. The van der Waals surface area contributed by atoms with Crippen LogP contribution in [0.15, 0.2) is 30.5 Å². The first-order valence-electron chi connectivity index (χ1n) is 16.7. The van der Waals surface area contributed by atoms with Crippen molar-refractivity contribution in [3.05, 3.63) is 58.5 Å². The summed E-state index contributed by atoms with van der Waals surface area (Å²) < 4.78 is 0. The zero-order chi connectivity index (χ0) is 29.7. The molecule has 0 saturated carbocycles. The van der Waals surface area contributed by atoms with E-state index >= 15 is 0 Å². The third-order valence-corrected chi connectivity index (χ3v) is 10.8. The van der Waals surface area contributed by atoms with E-state index in [-0.39, 0.29) is 0 Å². The molecule has 43 heavy (non-hydrogen) atoms. The minimum Gasteiger partial charge on any atom is -0.371 e. The normalized spacial score (nSPS) is 23.3. The van der Waals surface area contributed by atoms with Gasteiger partial charge in [0.05, 0.1) is 5.69 Å². The Balaban J connectivity index is 1.16. The van der Waals surface area contributed by atoms with Crippen LogP contribution in [0.4, 0.5) is 17.5 Å². The van der Waals surface area contributed by atoms with Gasteiger partial charge in [0, 0.05) is 81.5 Å². The molecular formula is C36H49N7. The Labute approximate surface area is 258 Å². The van der Waals surface area contributed by atoms with Gasteiger partial charge in [0.15, 0.2) is 0 Å². The first-order chi connectivity index (χ1) is 20.8. The number of anilines is 3. The summed E-state index contributed by atoms with van der Waals surface area (Å²) >= 11 is 0. The van der Waals surface area contributed by atoms with Crippen LogP contribution in [0.25, 0.3) is 11.1 Å². The summed E-state index contributed by atoms with van der Waals surface area (Å²) in [6.45, 7) is 20.2. The zero-order valence-electron chi connectivity index (χ0n) is 27.0. The number of pyridine rings is 1. The molecule has 4 fully saturated rings.